The summed E-state index contributed by atoms with van der Waals surface area (Å²) >= 11 is 5.93. The molecule has 1 N–H and O–H groups in total. The number of carbonyl (C=O) groups excluding carboxylic acids is 1. The lowest BCUT2D eigenvalue weighted by atomic mass is 10.1. The first-order valence-electron chi connectivity index (χ1n) is 7.17. The molecule has 0 aliphatic heterocycles. The van der Waals surface area contributed by atoms with Gasteiger partial charge in [-0.2, -0.15) is 0 Å². The molecule has 0 bridgehead atoms. The van der Waals surface area contributed by atoms with Crippen molar-refractivity contribution in [3.8, 4) is 11.3 Å². The molecule has 1 aromatic carbocycles. The number of aromatic nitrogens is 1. The van der Waals surface area contributed by atoms with Crippen LogP contribution in [0.15, 0.2) is 34.9 Å². The molecule has 122 valence electrons. The average molecular weight is 337 g/mol. The fraction of sp³-hybridized carbons (Fsp3) is 0.312. The first kappa shape index (κ1) is 17.0. The number of carboxylic acids is 1. The highest BCUT2D eigenvalue weighted by molar-refractivity contribution is 6.30. The van der Waals surface area contributed by atoms with Crippen LogP contribution in [0.1, 0.15) is 30.8 Å². The predicted octanol–water partition coefficient (Wildman–Crippen LogP) is 3.32. The van der Waals surface area contributed by atoms with Crippen molar-refractivity contribution in [1.29, 1.82) is 0 Å². The predicted molar refractivity (Wildman–Crippen MR) is 85.4 cm³/mol. The van der Waals surface area contributed by atoms with E-state index in [1.807, 2.05) is 6.92 Å². The van der Waals surface area contributed by atoms with Gasteiger partial charge in [-0.25, -0.2) is 0 Å². The molecular formula is C16H17ClN2O4. The Balaban J connectivity index is 2.27. The van der Waals surface area contributed by atoms with Crippen LogP contribution in [0, 0.1) is 0 Å². The van der Waals surface area contributed by atoms with Crippen LogP contribution < -0.4 is 0 Å². The normalized spacial score (nSPS) is 12.0. The van der Waals surface area contributed by atoms with Gasteiger partial charge in [0.2, 0.25) is 0 Å². The van der Waals surface area contributed by atoms with Crippen molar-refractivity contribution in [3.63, 3.8) is 0 Å². The Bertz CT molecular complexity index is 714. The van der Waals surface area contributed by atoms with Gasteiger partial charge in [-0.05, 0) is 25.5 Å². The topological polar surface area (TPSA) is 83.6 Å². The van der Waals surface area contributed by atoms with E-state index < -0.39 is 11.9 Å². The van der Waals surface area contributed by atoms with E-state index >= 15 is 0 Å². The lowest BCUT2D eigenvalue weighted by Gasteiger charge is -2.25. The number of nitrogens with zero attached hydrogens (tertiary/aromatic N) is 2. The number of carboxylic acid groups (broad SMARTS) is 1. The fourth-order valence-corrected chi connectivity index (χ4v) is 2.29. The maximum absolute atomic E-state index is 12.5. The number of benzene rings is 1. The van der Waals surface area contributed by atoms with E-state index in [0.717, 1.165) is 0 Å². The monoisotopic (exact) mass is 336 g/mol. The zero-order valence-corrected chi connectivity index (χ0v) is 13.6. The van der Waals surface area contributed by atoms with E-state index in [0.29, 0.717) is 22.8 Å². The molecule has 0 fully saturated rings. The van der Waals surface area contributed by atoms with Crippen molar-refractivity contribution in [2.24, 2.45) is 0 Å². The van der Waals surface area contributed by atoms with Gasteiger partial charge in [0.1, 0.15) is 6.54 Å². The molecule has 0 spiro atoms. The van der Waals surface area contributed by atoms with Crippen LogP contribution in [0.5, 0.6) is 0 Å². The third-order valence-corrected chi connectivity index (χ3v) is 3.76. The molecule has 1 aromatic heterocycles. The quantitative estimate of drug-likeness (QED) is 0.874. The van der Waals surface area contributed by atoms with E-state index in [9.17, 15) is 9.59 Å². The highest BCUT2D eigenvalue weighted by Crippen LogP contribution is 2.24. The van der Waals surface area contributed by atoms with Gasteiger partial charge in [-0.1, -0.05) is 35.8 Å². The SMILES string of the molecule is CCC(C)N(CC(=O)O)C(=O)c1cc(-c2cccc(Cl)c2)on1. The molecule has 23 heavy (non-hydrogen) atoms. The third kappa shape index (κ3) is 4.10. The summed E-state index contributed by atoms with van der Waals surface area (Å²) in [5, 5.41) is 13.3. The van der Waals surface area contributed by atoms with E-state index in [4.69, 9.17) is 21.2 Å². The molecule has 7 heteroatoms. The summed E-state index contributed by atoms with van der Waals surface area (Å²) in [4.78, 5) is 24.7. The summed E-state index contributed by atoms with van der Waals surface area (Å²) in [7, 11) is 0. The molecule has 1 atom stereocenters. The second-order valence-electron chi connectivity index (χ2n) is 5.17. The molecule has 0 aliphatic rings. The standard InChI is InChI=1S/C16H17ClN2O4/c1-3-10(2)19(9-15(20)21)16(22)13-8-14(23-18-13)11-5-4-6-12(17)7-11/h4-8,10H,3,9H2,1-2H3,(H,20,21). The molecule has 0 saturated carbocycles. The molecular weight excluding hydrogens is 320 g/mol. The van der Waals surface area contributed by atoms with Gasteiger partial charge >= 0.3 is 5.97 Å². The van der Waals surface area contributed by atoms with Crippen molar-refractivity contribution in [2.45, 2.75) is 26.3 Å². The maximum atomic E-state index is 12.5. The second-order valence-corrected chi connectivity index (χ2v) is 5.61. The Hall–Kier alpha value is -2.34. The number of hydrogen-bond acceptors (Lipinski definition) is 4. The zero-order valence-electron chi connectivity index (χ0n) is 12.8. The highest BCUT2D eigenvalue weighted by atomic mass is 35.5. The Labute approximate surface area is 138 Å². The first-order valence-corrected chi connectivity index (χ1v) is 7.55. The van der Waals surface area contributed by atoms with Crippen molar-refractivity contribution in [1.82, 2.24) is 10.1 Å². The molecule has 6 nitrogen and oxygen atoms in total. The summed E-state index contributed by atoms with van der Waals surface area (Å²) in [6.07, 6.45) is 0.637. The highest BCUT2D eigenvalue weighted by Gasteiger charge is 2.25. The zero-order chi connectivity index (χ0) is 17.0. The molecule has 0 saturated heterocycles. The van der Waals surface area contributed by atoms with E-state index in [1.165, 1.54) is 11.0 Å². The van der Waals surface area contributed by atoms with Gasteiger partial charge in [0.05, 0.1) is 0 Å². The summed E-state index contributed by atoms with van der Waals surface area (Å²) in [6, 6.07) is 8.24. The second kappa shape index (κ2) is 7.28. The van der Waals surface area contributed by atoms with Crippen molar-refractivity contribution >= 4 is 23.5 Å². The molecule has 0 aliphatic carbocycles. The molecule has 1 heterocycles. The summed E-state index contributed by atoms with van der Waals surface area (Å²) in [6.45, 7) is 3.29. The molecule has 2 aromatic rings. The Kier molecular flexibility index (Phi) is 5.39. The third-order valence-electron chi connectivity index (χ3n) is 3.53. The van der Waals surface area contributed by atoms with Crippen molar-refractivity contribution in [3.05, 3.63) is 41.0 Å². The van der Waals surface area contributed by atoms with Crippen LogP contribution in [-0.4, -0.2) is 39.6 Å². The first-order chi connectivity index (χ1) is 10.9. The average Bonchev–Trinajstić information content (AvgIpc) is 3.01. The van der Waals surface area contributed by atoms with E-state index in [2.05, 4.69) is 5.16 Å². The van der Waals surface area contributed by atoms with Gasteiger partial charge in [0.15, 0.2) is 11.5 Å². The number of amides is 1. The Morgan fingerprint density at radius 3 is 2.74 bits per heavy atom. The summed E-state index contributed by atoms with van der Waals surface area (Å²) in [5.74, 6) is -1.15. The lowest BCUT2D eigenvalue weighted by molar-refractivity contribution is -0.138. The van der Waals surface area contributed by atoms with Crippen LogP contribution in [0.2, 0.25) is 5.02 Å². The number of rotatable bonds is 6. The van der Waals surface area contributed by atoms with Gasteiger partial charge in [0.25, 0.3) is 5.91 Å². The van der Waals surface area contributed by atoms with Crippen LogP contribution in [0.4, 0.5) is 0 Å². The molecule has 2 rings (SSSR count). The fourth-order valence-electron chi connectivity index (χ4n) is 2.09. The van der Waals surface area contributed by atoms with E-state index in [1.54, 1.807) is 31.2 Å². The largest absolute Gasteiger partial charge is 0.480 e. The number of carbonyl (C=O) groups is 2. The summed E-state index contributed by atoms with van der Waals surface area (Å²) < 4.78 is 5.19. The number of aliphatic carboxylic acids is 1. The molecule has 1 amide bonds. The van der Waals surface area contributed by atoms with Gasteiger partial charge in [0, 0.05) is 22.7 Å². The number of halogens is 1. The van der Waals surface area contributed by atoms with Crippen molar-refractivity contribution < 1.29 is 19.2 Å². The summed E-state index contributed by atoms with van der Waals surface area (Å²) in [5.41, 5.74) is 0.763. The van der Waals surface area contributed by atoms with Gasteiger partial charge in [-0.3, -0.25) is 9.59 Å². The smallest absolute Gasteiger partial charge is 0.323 e. The Morgan fingerprint density at radius 1 is 1.39 bits per heavy atom. The Morgan fingerprint density at radius 2 is 2.13 bits per heavy atom. The van der Waals surface area contributed by atoms with Crippen LogP contribution in [-0.2, 0) is 4.79 Å². The minimum Gasteiger partial charge on any atom is -0.480 e. The van der Waals surface area contributed by atoms with E-state index in [-0.39, 0.29) is 18.3 Å². The minimum atomic E-state index is -1.07. The molecule has 1 unspecified atom stereocenters. The van der Waals surface area contributed by atoms with Crippen LogP contribution in [0.3, 0.4) is 0 Å². The van der Waals surface area contributed by atoms with Crippen molar-refractivity contribution in [2.75, 3.05) is 6.54 Å². The maximum Gasteiger partial charge on any atom is 0.323 e. The number of hydrogen-bond donors (Lipinski definition) is 1. The molecule has 0 radical (unpaired) electrons. The minimum absolute atomic E-state index is 0.0709. The van der Waals surface area contributed by atoms with Gasteiger partial charge < -0.3 is 14.5 Å². The van der Waals surface area contributed by atoms with Gasteiger partial charge in [-0.15, -0.1) is 0 Å². The van der Waals surface area contributed by atoms with Crippen LogP contribution in [0.25, 0.3) is 11.3 Å². The van der Waals surface area contributed by atoms with Crippen LogP contribution >= 0.6 is 11.6 Å². The lowest BCUT2D eigenvalue weighted by Crippen LogP contribution is -2.41.